The largest absolute Gasteiger partial charge is 0.385 e. The lowest BCUT2D eigenvalue weighted by molar-refractivity contribution is -0.0343. The first-order valence-electron chi connectivity index (χ1n) is 8.81. The van der Waals surface area contributed by atoms with E-state index in [1.807, 2.05) is 48.5 Å². The molecule has 1 aliphatic heterocycles. The van der Waals surface area contributed by atoms with Crippen molar-refractivity contribution in [1.82, 2.24) is 4.90 Å². The number of ketones is 1. The van der Waals surface area contributed by atoms with E-state index in [2.05, 4.69) is 11.0 Å². The molecule has 2 aliphatic rings. The number of hydrogen-bond acceptors (Lipinski definition) is 3. The van der Waals surface area contributed by atoms with Crippen molar-refractivity contribution in [1.29, 1.82) is 0 Å². The van der Waals surface area contributed by atoms with E-state index in [1.165, 1.54) is 5.56 Å². The number of benzene rings is 2. The number of Topliss-reactive ketones (excluding diaryl/α,β-unsaturated/α-hetero) is 1. The van der Waals surface area contributed by atoms with Gasteiger partial charge in [-0.25, -0.2) is 0 Å². The Morgan fingerprint density at radius 2 is 1.62 bits per heavy atom. The summed E-state index contributed by atoms with van der Waals surface area (Å²) in [5.74, 6) is 0.252. The zero-order chi connectivity index (χ0) is 16.6. The van der Waals surface area contributed by atoms with Gasteiger partial charge in [0.25, 0.3) is 0 Å². The van der Waals surface area contributed by atoms with Crippen molar-refractivity contribution in [3.63, 3.8) is 0 Å². The second kappa shape index (κ2) is 6.15. The fourth-order valence-corrected chi connectivity index (χ4v) is 4.17. The Hall–Kier alpha value is -1.97. The number of carbonyl (C=O) groups is 1. The Balaban J connectivity index is 1.48. The van der Waals surface area contributed by atoms with Crippen LogP contribution in [-0.2, 0) is 12.0 Å². The van der Waals surface area contributed by atoms with Gasteiger partial charge < -0.3 is 5.11 Å². The highest BCUT2D eigenvalue weighted by molar-refractivity contribution is 6.02. The molecule has 1 heterocycles. The molecule has 3 heteroatoms. The maximum atomic E-state index is 12.8. The van der Waals surface area contributed by atoms with Crippen LogP contribution in [0.25, 0.3) is 0 Å². The first kappa shape index (κ1) is 15.6. The van der Waals surface area contributed by atoms with Crippen molar-refractivity contribution >= 4 is 5.78 Å². The normalized spacial score (nSPS) is 23.7. The van der Waals surface area contributed by atoms with E-state index in [9.17, 15) is 9.90 Å². The maximum Gasteiger partial charge on any atom is 0.180 e. The van der Waals surface area contributed by atoms with Gasteiger partial charge >= 0.3 is 0 Å². The monoisotopic (exact) mass is 321 g/mol. The van der Waals surface area contributed by atoms with Crippen LogP contribution in [0.3, 0.4) is 0 Å². The van der Waals surface area contributed by atoms with Crippen LogP contribution in [0.1, 0.15) is 40.7 Å². The van der Waals surface area contributed by atoms with Crippen LogP contribution in [0.2, 0.25) is 0 Å². The Bertz CT molecular complexity index is 733. The predicted octanol–water partition coefficient (Wildman–Crippen LogP) is 3.17. The van der Waals surface area contributed by atoms with Crippen LogP contribution in [-0.4, -0.2) is 34.9 Å². The molecule has 1 aliphatic carbocycles. The summed E-state index contributed by atoms with van der Waals surface area (Å²) in [6, 6.07) is 17.9. The van der Waals surface area contributed by atoms with Gasteiger partial charge in [-0.2, -0.15) is 0 Å². The van der Waals surface area contributed by atoms with Crippen LogP contribution in [0.5, 0.6) is 0 Å². The zero-order valence-electron chi connectivity index (χ0n) is 13.8. The van der Waals surface area contributed by atoms with Gasteiger partial charge in [-0.1, -0.05) is 54.6 Å². The van der Waals surface area contributed by atoms with Gasteiger partial charge in [0.2, 0.25) is 0 Å². The minimum Gasteiger partial charge on any atom is -0.385 e. The van der Waals surface area contributed by atoms with E-state index in [0.29, 0.717) is 12.8 Å². The number of rotatable bonds is 2. The molecule has 0 spiro atoms. The summed E-state index contributed by atoms with van der Waals surface area (Å²) in [5.41, 5.74) is 2.30. The van der Waals surface area contributed by atoms with Crippen LogP contribution < -0.4 is 0 Å². The summed E-state index contributed by atoms with van der Waals surface area (Å²) in [6.45, 7) is 1.54. The van der Waals surface area contributed by atoms with Crippen LogP contribution >= 0.6 is 0 Å². The third kappa shape index (κ3) is 2.68. The van der Waals surface area contributed by atoms with Crippen LogP contribution in [0.15, 0.2) is 54.6 Å². The first-order chi connectivity index (χ1) is 11.7. The van der Waals surface area contributed by atoms with Crippen molar-refractivity contribution in [2.75, 3.05) is 13.1 Å². The molecule has 1 fully saturated rings. The highest BCUT2D eigenvalue weighted by atomic mass is 16.3. The molecule has 0 aromatic heterocycles. The first-order valence-corrected chi connectivity index (χ1v) is 8.81. The van der Waals surface area contributed by atoms with E-state index in [0.717, 1.165) is 37.1 Å². The molecule has 1 atom stereocenters. The van der Waals surface area contributed by atoms with Crippen molar-refractivity contribution in [2.45, 2.75) is 37.3 Å². The molecule has 1 N–H and O–H groups in total. The molecule has 0 saturated carbocycles. The fourth-order valence-electron chi connectivity index (χ4n) is 4.17. The number of aryl methyl sites for hydroxylation is 1. The molecule has 3 nitrogen and oxygen atoms in total. The highest BCUT2D eigenvalue weighted by Gasteiger charge is 2.39. The van der Waals surface area contributed by atoms with Gasteiger partial charge in [0, 0.05) is 18.7 Å². The SMILES string of the molecule is O=C1c2ccccc2CCC1N1CCC(O)(c2ccccc2)CC1. The Labute approximate surface area is 142 Å². The molecular formula is C21H23NO2. The molecule has 0 radical (unpaired) electrons. The third-order valence-corrected chi connectivity index (χ3v) is 5.65. The minimum atomic E-state index is -0.757. The van der Waals surface area contributed by atoms with E-state index >= 15 is 0 Å². The molecule has 24 heavy (non-hydrogen) atoms. The number of nitrogens with zero attached hydrogens (tertiary/aromatic N) is 1. The summed E-state index contributed by atoms with van der Waals surface area (Å²) < 4.78 is 0. The van der Waals surface area contributed by atoms with E-state index < -0.39 is 5.60 Å². The van der Waals surface area contributed by atoms with Gasteiger partial charge in [0.15, 0.2) is 5.78 Å². The molecule has 124 valence electrons. The molecule has 2 aromatic carbocycles. The van der Waals surface area contributed by atoms with Crippen molar-refractivity contribution < 1.29 is 9.90 Å². The lowest BCUT2D eigenvalue weighted by Crippen LogP contribution is -2.51. The van der Waals surface area contributed by atoms with Crippen LogP contribution in [0.4, 0.5) is 0 Å². The summed E-state index contributed by atoms with van der Waals surface area (Å²) in [4.78, 5) is 15.1. The Morgan fingerprint density at radius 3 is 2.38 bits per heavy atom. The quantitative estimate of drug-likeness (QED) is 0.923. The average Bonchev–Trinajstić information content (AvgIpc) is 2.64. The standard InChI is InChI=1S/C21H23NO2/c23-20-18-9-5-4-6-16(18)10-11-19(20)22-14-12-21(24,13-15-22)17-7-2-1-3-8-17/h1-9,19,24H,10-15H2. The van der Waals surface area contributed by atoms with E-state index in [4.69, 9.17) is 0 Å². The van der Waals surface area contributed by atoms with Crippen LogP contribution in [0, 0.1) is 0 Å². The summed E-state index contributed by atoms with van der Waals surface area (Å²) in [6.07, 6.45) is 3.22. The van der Waals surface area contributed by atoms with Crippen molar-refractivity contribution in [3.05, 3.63) is 71.3 Å². The number of piperidine rings is 1. The average molecular weight is 321 g/mol. The number of aliphatic hydroxyl groups is 1. The molecule has 0 amide bonds. The van der Waals surface area contributed by atoms with Gasteiger partial charge in [-0.15, -0.1) is 0 Å². The summed E-state index contributed by atoms with van der Waals surface area (Å²) in [5, 5.41) is 11.0. The molecule has 2 aromatic rings. The van der Waals surface area contributed by atoms with E-state index in [-0.39, 0.29) is 11.8 Å². The second-order valence-corrected chi connectivity index (χ2v) is 7.01. The molecular weight excluding hydrogens is 298 g/mol. The van der Waals surface area contributed by atoms with Gasteiger partial charge in [0.05, 0.1) is 11.6 Å². The van der Waals surface area contributed by atoms with E-state index in [1.54, 1.807) is 0 Å². The summed E-state index contributed by atoms with van der Waals surface area (Å²) >= 11 is 0. The number of fused-ring (bicyclic) bond motifs is 1. The Kier molecular flexibility index (Phi) is 3.99. The van der Waals surface area contributed by atoms with Gasteiger partial charge in [0.1, 0.15) is 0 Å². The number of hydrogen-bond donors (Lipinski definition) is 1. The third-order valence-electron chi connectivity index (χ3n) is 5.65. The molecule has 1 saturated heterocycles. The van der Waals surface area contributed by atoms with Gasteiger partial charge in [-0.3, -0.25) is 9.69 Å². The predicted molar refractivity (Wildman–Crippen MR) is 94.0 cm³/mol. The van der Waals surface area contributed by atoms with Crippen molar-refractivity contribution in [3.8, 4) is 0 Å². The maximum absolute atomic E-state index is 12.8. The lowest BCUT2D eigenvalue weighted by atomic mass is 9.81. The Morgan fingerprint density at radius 1 is 0.958 bits per heavy atom. The topological polar surface area (TPSA) is 40.5 Å². The second-order valence-electron chi connectivity index (χ2n) is 7.01. The number of likely N-dealkylation sites (tertiary alicyclic amines) is 1. The minimum absolute atomic E-state index is 0.0276. The van der Waals surface area contributed by atoms with Gasteiger partial charge in [-0.05, 0) is 36.8 Å². The molecule has 1 unspecified atom stereocenters. The zero-order valence-corrected chi connectivity index (χ0v) is 13.8. The highest BCUT2D eigenvalue weighted by Crippen LogP contribution is 2.35. The number of carbonyl (C=O) groups excluding carboxylic acids is 1. The summed E-state index contributed by atoms with van der Waals surface area (Å²) in [7, 11) is 0. The molecule has 4 rings (SSSR count). The molecule has 0 bridgehead atoms. The van der Waals surface area contributed by atoms with Crippen molar-refractivity contribution in [2.24, 2.45) is 0 Å². The lowest BCUT2D eigenvalue weighted by Gasteiger charge is -2.42. The fraction of sp³-hybridized carbons (Fsp3) is 0.381. The smallest absolute Gasteiger partial charge is 0.180 e.